The Bertz CT molecular complexity index is 2290. The lowest BCUT2D eigenvalue weighted by Crippen LogP contribution is -2.64. The number of ketones is 2. The van der Waals surface area contributed by atoms with Gasteiger partial charge in [-0.15, -0.1) is 0 Å². The molecule has 3 saturated heterocycles. The third kappa shape index (κ3) is 16.8. The monoisotopic (exact) mass is 1180 g/mol. The highest BCUT2D eigenvalue weighted by molar-refractivity contribution is 6.74. The molecule has 14 atom stereocenters. The van der Waals surface area contributed by atoms with E-state index in [1.165, 1.54) is 19.1 Å². The number of rotatable bonds is 13. The number of methoxy groups -OCH3 is 3. The van der Waals surface area contributed by atoms with Gasteiger partial charge in [0.1, 0.15) is 24.0 Å². The number of carbonyl (C=O) groups is 7. The molecule has 5 rings (SSSR count). The smallest absolute Gasteiger partial charge is 0.456 e. The number of nitrogens with zero attached hydrogens (tertiary/aromatic N) is 2. The Morgan fingerprint density at radius 3 is 1.94 bits per heavy atom. The normalized spacial score (nSPS) is 34.2. The van der Waals surface area contributed by atoms with Crippen LogP contribution in [0.1, 0.15) is 160 Å². The number of cyclic esters (lactones) is 1. The number of hydrogen-bond donors (Lipinski definition) is 1. The van der Waals surface area contributed by atoms with Gasteiger partial charge in [0.2, 0.25) is 5.79 Å². The van der Waals surface area contributed by atoms with E-state index in [0.29, 0.717) is 42.7 Å². The molecule has 1 saturated carbocycles. The summed E-state index contributed by atoms with van der Waals surface area (Å²) in [5.41, 5.74) is 1.54. The lowest BCUT2D eigenvalue weighted by molar-refractivity contribution is -0.302. The highest BCUT2D eigenvalue weighted by atomic mass is 28.4. The van der Waals surface area contributed by atoms with Crippen molar-refractivity contribution in [3.05, 3.63) is 23.3 Å². The Kier molecular flexibility index (Phi) is 23.6. The number of esters is 1. The van der Waals surface area contributed by atoms with Crippen molar-refractivity contribution >= 4 is 58.0 Å². The first-order chi connectivity index (χ1) is 37.6. The Labute approximate surface area is 484 Å². The summed E-state index contributed by atoms with van der Waals surface area (Å²) in [7, 11) is -0.177. The number of fused-ring (bicyclic) bond motifs is 3. The molecular formula is C60H100N2O17Si2. The van der Waals surface area contributed by atoms with Gasteiger partial charge in [-0.2, -0.15) is 0 Å². The Hall–Kier alpha value is -3.68. The molecular weight excluding hydrogens is 1080 g/mol. The van der Waals surface area contributed by atoms with Gasteiger partial charge in [-0.25, -0.2) is 9.59 Å². The van der Waals surface area contributed by atoms with Crippen molar-refractivity contribution in [3.63, 3.8) is 0 Å². The summed E-state index contributed by atoms with van der Waals surface area (Å²) < 4.78 is 50.9. The maximum atomic E-state index is 15.3. The van der Waals surface area contributed by atoms with Crippen LogP contribution in [-0.4, -0.2) is 162 Å². The zero-order valence-corrected chi connectivity index (χ0v) is 54.1. The second-order valence-electron chi connectivity index (χ2n) is 27.0. The van der Waals surface area contributed by atoms with Gasteiger partial charge < -0.3 is 47.3 Å². The number of hydroxylamine groups is 2. The topological polar surface area (TPSA) is 229 Å². The summed E-state index contributed by atoms with van der Waals surface area (Å²) in [6.07, 6.45) is 2.30. The molecule has 0 aromatic rings. The van der Waals surface area contributed by atoms with Crippen molar-refractivity contribution in [3.8, 4) is 0 Å². The van der Waals surface area contributed by atoms with Crippen molar-refractivity contribution in [2.75, 3.05) is 34.5 Å². The van der Waals surface area contributed by atoms with Gasteiger partial charge in [0, 0.05) is 64.9 Å². The lowest BCUT2D eigenvalue weighted by atomic mass is 9.81. The molecule has 7 unspecified atom stereocenters. The van der Waals surface area contributed by atoms with Crippen molar-refractivity contribution < 1.29 is 80.8 Å². The van der Waals surface area contributed by atoms with Crippen LogP contribution in [0.3, 0.4) is 0 Å². The average Bonchev–Trinajstić information content (AvgIpc) is 3.75. The number of hydrogen-bond acceptors (Lipinski definition) is 17. The van der Waals surface area contributed by atoms with Crippen LogP contribution in [-0.2, 0) is 70.9 Å². The maximum Gasteiger partial charge on any atom is 0.533 e. The number of allylic oxidation sites excluding steroid dienone is 3. The number of amides is 3. The SMILES string of the molecule is COC1CC(/C=C(\C)C2OC(=O)C3CCCCN3C(=O)C(=O)C3(O)O[C@@H]([C@@H](OC)CC3C)[C@@H](OC)C[C@@H](C)C/C(C)=C/[C@@H](CCOC(=O)ON3C(=O)CCC3=O)C(=O)C[C@H](O[Si](C)(C)C(C)(C)C)[C@H]2C)CCC1O[Si](C)(C)C(C)(C)C. The first-order valence-corrected chi connectivity index (χ1v) is 35.4. The number of ether oxygens (including phenoxy) is 6. The first kappa shape index (κ1) is 68.1. The van der Waals surface area contributed by atoms with E-state index in [1.807, 2.05) is 33.8 Å². The minimum atomic E-state index is -2.74. The van der Waals surface area contributed by atoms with Gasteiger partial charge in [-0.05, 0) is 132 Å². The van der Waals surface area contributed by atoms with Gasteiger partial charge >= 0.3 is 12.1 Å². The summed E-state index contributed by atoms with van der Waals surface area (Å²) in [4.78, 5) is 104. The van der Waals surface area contributed by atoms with E-state index < -0.39 is 112 Å². The van der Waals surface area contributed by atoms with Crippen molar-refractivity contribution in [1.82, 2.24) is 9.96 Å². The lowest BCUT2D eigenvalue weighted by Gasteiger charge is -2.47. The minimum Gasteiger partial charge on any atom is -0.456 e. The molecule has 19 nitrogen and oxygen atoms in total. The van der Waals surface area contributed by atoms with Crippen LogP contribution in [0.5, 0.6) is 0 Å². The van der Waals surface area contributed by atoms with E-state index in [9.17, 15) is 29.1 Å². The van der Waals surface area contributed by atoms with Gasteiger partial charge in [0.25, 0.3) is 23.5 Å². The number of imide groups is 1. The van der Waals surface area contributed by atoms with E-state index in [2.05, 4.69) is 73.8 Å². The summed E-state index contributed by atoms with van der Waals surface area (Å²) in [5, 5.41) is 12.5. The number of aliphatic hydroxyl groups is 1. The van der Waals surface area contributed by atoms with E-state index >= 15 is 9.59 Å². The van der Waals surface area contributed by atoms with Crippen LogP contribution in [0.15, 0.2) is 23.3 Å². The van der Waals surface area contributed by atoms with Crippen LogP contribution in [0.25, 0.3) is 0 Å². The van der Waals surface area contributed by atoms with E-state index in [4.69, 9.17) is 42.1 Å². The molecule has 1 aliphatic carbocycles. The van der Waals surface area contributed by atoms with E-state index in [1.54, 1.807) is 14.0 Å². The molecule has 0 spiro atoms. The van der Waals surface area contributed by atoms with Crippen molar-refractivity contribution in [1.29, 1.82) is 0 Å². The average molecular weight is 1180 g/mol. The second kappa shape index (κ2) is 28.0. The third-order valence-electron chi connectivity index (χ3n) is 18.7. The van der Waals surface area contributed by atoms with E-state index in [-0.39, 0.29) is 91.6 Å². The zero-order chi connectivity index (χ0) is 60.7. The molecule has 81 heavy (non-hydrogen) atoms. The van der Waals surface area contributed by atoms with Crippen LogP contribution in [0.2, 0.25) is 36.3 Å². The third-order valence-corrected chi connectivity index (χ3v) is 27.7. The fourth-order valence-corrected chi connectivity index (χ4v) is 14.5. The Balaban J connectivity index is 1.64. The fourth-order valence-electron chi connectivity index (χ4n) is 11.7. The number of carbonyl (C=O) groups excluding carboxylic acids is 7. The Morgan fingerprint density at radius 1 is 0.778 bits per heavy atom. The number of Topliss-reactive ketones (excluding diaryl/α,β-unsaturated/α-hetero) is 2. The Morgan fingerprint density at radius 2 is 1.36 bits per heavy atom. The van der Waals surface area contributed by atoms with Crippen LogP contribution >= 0.6 is 0 Å². The molecule has 3 amide bonds. The fraction of sp³-hybridized carbons (Fsp3) is 0.817. The zero-order valence-electron chi connectivity index (χ0n) is 52.1. The molecule has 4 fully saturated rings. The first-order valence-electron chi connectivity index (χ1n) is 29.6. The standard InChI is InChI=1S/C60H100N2O17Si2/c1-36-29-37(2)31-48(72-13)53-49(73-14)33-39(4)60(70,76-53)54(66)55(67)61-27-20-19-21-43(61)56(68)75-52(38(3)32-41-22-23-45(47(34-41)71-12)78-80(15,16)58(6,7)8)40(5)46(79-81(17,18)59(9,10)11)35-44(63)42(30-36)26-28-74-57(69)77-62-50(64)24-25-51(62)65/h30,32,37,39-43,45-49,52-53,70H,19-29,31,33-35H2,1-18H3/b36-30+,38-32+/t37-,39?,40+,41?,42+,43?,45?,46-,47?,48-,49-,52?,53+,60?/m0/s1. The van der Waals surface area contributed by atoms with Crippen LogP contribution in [0.4, 0.5) is 4.79 Å². The summed E-state index contributed by atoms with van der Waals surface area (Å²) >= 11 is 0. The largest absolute Gasteiger partial charge is 0.533 e. The highest BCUT2D eigenvalue weighted by Crippen LogP contribution is 2.44. The van der Waals surface area contributed by atoms with Gasteiger partial charge in [0.15, 0.2) is 16.6 Å². The van der Waals surface area contributed by atoms with Crippen molar-refractivity contribution in [2.24, 2.45) is 29.6 Å². The van der Waals surface area contributed by atoms with Gasteiger partial charge in [-0.3, -0.25) is 28.8 Å². The summed E-state index contributed by atoms with van der Waals surface area (Å²) in [6.45, 7) is 30.7. The number of piperidine rings is 1. The second-order valence-corrected chi connectivity index (χ2v) is 36.5. The maximum absolute atomic E-state index is 15.3. The molecule has 460 valence electrons. The predicted octanol–water partition coefficient (Wildman–Crippen LogP) is 9.73. The molecule has 5 aliphatic rings. The van der Waals surface area contributed by atoms with E-state index in [0.717, 1.165) is 18.4 Å². The molecule has 1 N–H and O–H groups in total. The molecule has 0 aromatic heterocycles. The van der Waals surface area contributed by atoms with Crippen LogP contribution in [0, 0.1) is 29.6 Å². The molecule has 4 aliphatic heterocycles. The van der Waals surface area contributed by atoms with Crippen molar-refractivity contribution in [2.45, 2.75) is 250 Å². The minimum absolute atomic E-state index is 0.00431. The summed E-state index contributed by atoms with van der Waals surface area (Å²) in [5.74, 6) is -9.68. The summed E-state index contributed by atoms with van der Waals surface area (Å²) in [6, 6.07) is -1.20. The van der Waals surface area contributed by atoms with Crippen LogP contribution < -0.4 is 0 Å². The molecule has 0 aromatic carbocycles. The predicted molar refractivity (Wildman–Crippen MR) is 308 cm³/mol. The molecule has 2 bridgehead atoms. The highest BCUT2D eigenvalue weighted by Gasteiger charge is 2.57. The molecule has 4 heterocycles. The van der Waals surface area contributed by atoms with Gasteiger partial charge in [0.05, 0.1) is 37.1 Å². The molecule has 21 heteroatoms. The van der Waals surface area contributed by atoms with Gasteiger partial charge in [-0.1, -0.05) is 85.1 Å². The quantitative estimate of drug-likeness (QED) is 0.0595. The molecule has 0 radical (unpaired) electrons.